The molecule has 17 heavy (non-hydrogen) atoms. The molecule has 2 N–H and O–H groups in total. The molecule has 0 saturated carbocycles. The minimum absolute atomic E-state index is 0.0615. The van der Waals surface area contributed by atoms with Crippen LogP contribution in [0.5, 0.6) is 0 Å². The number of carbonyl (C=O) groups is 3. The Balaban J connectivity index is 2.98. The second kappa shape index (κ2) is 5.13. The molecule has 1 saturated heterocycles. The van der Waals surface area contributed by atoms with Gasteiger partial charge in [-0.15, -0.1) is 0 Å². The Bertz CT molecular complexity index is 322. The summed E-state index contributed by atoms with van der Waals surface area (Å²) < 4.78 is 9.46. The van der Waals surface area contributed by atoms with Gasteiger partial charge in [0.1, 0.15) is 6.10 Å². The van der Waals surface area contributed by atoms with Gasteiger partial charge in [-0.25, -0.2) is 9.59 Å². The van der Waals surface area contributed by atoms with Gasteiger partial charge in [0.25, 0.3) is 0 Å². The highest BCUT2D eigenvalue weighted by molar-refractivity contribution is 6.10. The van der Waals surface area contributed by atoms with E-state index in [1.807, 2.05) is 0 Å². The molecule has 1 atom stereocenters. The monoisotopic (exact) mass is 245 g/mol. The molecule has 1 unspecified atom stereocenters. The van der Waals surface area contributed by atoms with Crippen LogP contribution < -0.4 is 5.32 Å². The van der Waals surface area contributed by atoms with Crippen molar-refractivity contribution < 1.29 is 29.0 Å². The largest absolute Gasteiger partial charge is 0.464 e. The van der Waals surface area contributed by atoms with Crippen LogP contribution in [-0.2, 0) is 23.9 Å². The van der Waals surface area contributed by atoms with Crippen LogP contribution in [0.1, 0.15) is 20.3 Å². The van der Waals surface area contributed by atoms with E-state index in [0.29, 0.717) is 0 Å². The number of esters is 2. The predicted octanol–water partition coefficient (Wildman–Crippen LogP) is -1.27. The maximum atomic E-state index is 11.7. The van der Waals surface area contributed by atoms with Gasteiger partial charge in [-0.2, -0.15) is 0 Å². The molecule has 1 rings (SSSR count). The third kappa shape index (κ3) is 2.38. The summed E-state index contributed by atoms with van der Waals surface area (Å²) in [4.78, 5) is 34.7. The van der Waals surface area contributed by atoms with E-state index in [1.165, 1.54) is 0 Å². The number of amides is 1. The second-order valence-corrected chi connectivity index (χ2v) is 3.56. The topological polar surface area (TPSA) is 102 Å². The number of aliphatic hydroxyl groups excluding tert-OH is 1. The number of rotatable bonds is 4. The average Bonchev–Trinajstić information content (AvgIpc) is 2.57. The lowest BCUT2D eigenvalue weighted by molar-refractivity contribution is -0.166. The predicted molar refractivity (Wildman–Crippen MR) is 54.8 cm³/mol. The Morgan fingerprint density at radius 2 is 1.82 bits per heavy atom. The maximum Gasteiger partial charge on any atom is 0.343 e. The maximum absolute atomic E-state index is 11.7. The fourth-order valence-corrected chi connectivity index (χ4v) is 1.59. The highest BCUT2D eigenvalue weighted by Crippen LogP contribution is 2.24. The van der Waals surface area contributed by atoms with Crippen LogP contribution in [0.4, 0.5) is 0 Å². The SMILES string of the molecule is CCOC(=O)C1(C(=O)OCC)CC(O)C(=O)N1. The van der Waals surface area contributed by atoms with Gasteiger partial charge in [0, 0.05) is 6.42 Å². The first kappa shape index (κ1) is 13.4. The average molecular weight is 245 g/mol. The smallest absolute Gasteiger partial charge is 0.343 e. The molecule has 0 aromatic rings. The molecular formula is C10H15NO6. The minimum Gasteiger partial charge on any atom is -0.464 e. The number of carbonyl (C=O) groups excluding carboxylic acids is 3. The quantitative estimate of drug-likeness (QED) is 0.473. The second-order valence-electron chi connectivity index (χ2n) is 3.56. The van der Waals surface area contributed by atoms with E-state index in [-0.39, 0.29) is 19.6 Å². The molecule has 96 valence electrons. The molecule has 0 aromatic heterocycles. The van der Waals surface area contributed by atoms with E-state index < -0.39 is 29.5 Å². The summed E-state index contributed by atoms with van der Waals surface area (Å²) in [5.74, 6) is -2.61. The Morgan fingerprint density at radius 1 is 1.35 bits per heavy atom. The van der Waals surface area contributed by atoms with Crippen molar-refractivity contribution in [2.24, 2.45) is 0 Å². The fourth-order valence-electron chi connectivity index (χ4n) is 1.59. The Kier molecular flexibility index (Phi) is 4.06. The van der Waals surface area contributed by atoms with Crippen molar-refractivity contribution in [3.8, 4) is 0 Å². The zero-order valence-corrected chi connectivity index (χ0v) is 9.69. The summed E-state index contributed by atoms with van der Waals surface area (Å²) in [5.41, 5.74) is -1.91. The van der Waals surface area contributed by atoms with Crippen molar-refractivity contribution in [2.75, 3.05) is 13.2 Å². The lowest BCUT2D eigenvalue weighted by atomic mass is 9.97. The Labute approximate surface area is 98.1 Å². The molecule has 7 heteroatoms. The van der Waals surface area contributed by atoms with Gasteiger partial charge in [0.2, 0.25) is 11.4 Å². The summed E-state index contributed by atoms with van der Waals surface area (Å²) in [7, 11) is 0. The number of ether oxygens (including phenoxy) is 2. The first-order valence-electron chi connectivity index (χ1n) is 5.32. The zero-order chi connectivity index (χ0) is 13.1. The molecule has 1 heterocycles. The summed E-state index contributed by atoms with van der Waals surface area (Å²) in [5, 5.41) is 11.5. The number of nitrogens with one attached hydrogen (secondary N) is 1. The lowest BCUT2D eigenvalue weighted by Crippen LogP contribution is -2.57. The highest BCUT2D eigenvalue weighted by atomic mass is 16.6. The van der Waals surface area contributed by atoms with Crippen molar-refractivity contribution in [3.05, 3.63) is 0 Å². The Hall–Kier alpha value is -1.63. The van der Waals surface area contributed by atoms with Crippen molar-refractivity contribution in [3.63, 3.8) is 0 Å². The van der Waals surface area contributed by atoms with Gasteiger partial charge in [-0.05, 0) is 13.8 Å². The normalized spacial score (nSPS) is 21.8. The minimum atomic E-state index is -1.91. The van der Waals surface area contributed by atoms with Gasteiger partial charge in [-0.1, -0.05) is 0 Å². The van der Waals surface area contributed by atoms with E-state index in [4.69, 9.17) is 9.47 Å². The highest BCUT2D eigenvalue weighted by Gasteiger charge is 2.57. The molecule has 1 aliphatic rings. The molecule has 0 bridgehead atoms. The van der Waals surface area contributed by atoms with Crippen LogP contribution in [0, 0.1) is 0 Å². The summed E-state index contributed by atoms with van der Waals surface area (Å²) >= 11 is 0. The molecule has 1 amide bonds. The van der Waals surface area contributed by atoms with Gasteiger partial charge >= 0.3 is 11.9 Å². The van der Waals surface area contributed by atoms with Crippen LogP contribution >= 0.6 is 0 Å². The van der Waals surface area contributed by atoms with E-state index in [1.54, 1.807) is 13.8 Å². The van der Waals surface area contributed by atoms with Gasteiger partial charge in [0.05, 0.1) is 13.2 Å². The molecular weight excluding hydrogens is 230 g/mol. The van der Waals surface area contributed by atoms with Crippen LogP contribution in [0.25, 0.3) is 0 Å². The molecule has 0 radical (unpaired) electrons. The fraction of sp³-hybridized carbons (Fsp3) is 0.700. The standard InChI is InChI=1S/C10H15NO6/c1-3-16-8(14)10(9(15)17-4-2)5-6(12)7(13)11-10/h6,12H,3-5H2,1-2H3,(H,11,13). The third-order valence-electron chi connectivity index (χ3n) is 2.39. The van der Waals surface area contributed by atoms with Gasteiger partial charge in [-0.3, -0.25) is 4.79 Å². The summed E-state index contributed by atoms with van der Waals surface area (Å²) in [6.45, 7) is 3.27. The number of aliphatic hydroxyl groups is 1. The van der Waals surface area contributed by atoms with E-state index in [9.17, 15) is 19.5 Å². The number of hydrogen-bond donors (Lipinski definition) is 2. The van der Waals surface area contributed by atoms with Gasteiger partial charge in [0.15, 0.2) is 0 Å². The zero-order valence-electron chi connectivity index (χ0n) is 9.69. The van der Waals surface area contributed by atoms with Crippen molar-refractivity contribution >= 4 is 17.8 Å². The molecule has 1 fully saturated rings. The van der Waals surface area contributed by atoms with Crippen LogP contribution in [0.2, 0.25) is 0 Å². The molecule has 0 aliphatic carbocycles. The van der Waals surface area contributed by atoms with Crippen LogP contribution in [0.3, 0.4) is 0 Å². The Morgan fingerprint density at radius 3 is 2.12 bits per heavy atom. The van der Waals surface area contributed by atoms with Crippen LogP contribution in [-0.4, -0.2) is 47.8 Å². The molecule has 0 spiro atoms. The molecule has 0 aromatic carbocycles. The van der Waals surface area contributed by atoms with Crippen molar-refractivity contribution in [1.82, 2.24) is 5.32 Å². The van der Waals surface area contributed by atoms with E-state index in [2.05, 4.69) is 5.32 Å². The van der Waals surface area contributed by atoms with E-state index >= 15 is 0 Å². The molecule has 7 nitrogen and oxygen atoms in total. The summed E-state index contributed by atoms with van der Waals surface area (Å²) in [6.07, 6.45) is -1.78. The van der Waals surface area contributed by atoms with Gasteiger partial charge < -0.3 is 19.9 Å². The van der Waals surface area contributed by atoms with E-state index in [0.717, 1.165) is 0 Å². The third-order valence-corrected chi connectivity index (χ3v) is 2.39. The first-order chi connectivity index (χ1) is 7.97. The van der Waals surface area contributed by atoms with Crippen molar-refractivity contribution in [2.45, 2.75) is 31.9 Å². The van der Waals surface area contributed by atoms with Crippen molar-refractivity contribution in [1.29, 1.82) is 0 Å². The first-order valence-corrected chi connectivity index (χ1v) is 5.32. The molecule has 1 aliphatic heterocycles. The number of hydrogen-bond acceptors (Lipinski definition) is 6. The van der Waals surface area contributed by atoms with Crippen LogP contribution in [0.15, 0.2) is 0 Å². The lowest BCUT2D eigenvalue weighted by Gasteiger charge is -2.23. The summed E-state index contributed by atoms with van der Waals surface area (Å²) in [6, 6.07) is 0.